The first kappa shape index (κ1) is 26.6. The second-order valence-electron chi connectivity index (χ2n) is 8.53. The molecule has 0 spiro atoms. The summed E-state index contributed by atoms with van der Waals surface area (Å²) in [7, 11) is 0. The average molecular weight is 483 g/mol. The van der Waals surface area contributed by atoms with Crippen LogP contribution < -0.4 is 4.90 Å². The molecule has 0 amide bonds. The molecule has 7 heteroatoms. The zero-order valence-electron chi connectivity index (χ0n) is 20.8. The van der Waals surface area contributed by atoms with Crippen molar-refractivity contribution in [2.75, 3.05) is 18.1 Å². The van der Waals surface area contributed by atoms with E-state index in [0.29, 0.717) is 11.2 Å². The van der Waals surface area contributed by atoms with Gasteiger partial charge in [0.1, 0.15) is 17.5 Å². The first-order valence-corrected chi connectivity index (χ1v) is 12.8. The van der Waals surface area contributed by atoms with Crippen LogP contribution in [0, 0.1) is 23.5 Å². The van der Waals surface area contributed by atoms with Crippen LogP contribution in [0.1, 0.15) is 88.8 Å². The summed E-state index contributed by atoms with van der Waals surface area (Å²) in [5.74, 6) is 6.33. The fourth-order valence-corrected chi connectivity index (χ4v) is 4.43. The van der Waals surface area contributed by atoms with Crippen LogP contribution in [0.5, 0.6) is 0 Å². The number of hydrogen-bond donors (Lipinski definition) is 1. The Bertz CT molecular complexity index is 1130. The maximum atomic E-state index is 14.4. The molecule has 1 fully saturated rings. The van der Waals surface area contributed by atoms with Gasteiger partial charge in [-0.3, -0.25) is 0 Å². The molecule has 35 heavy (non-hydrogen) atoms. The predicted molar refractivity (Wildman–Crippen MR) is 136 cm³/mol. The highest BCUT2D eigenvalue weighted by Gasteiger charge is 2.30. The van der Waals surface area contributed by atoms with Crippen molar-refractivity contribution in [2.24, 2.45) is 0 Å². The van der Waals surface area contributed by atoms with Crippen molar-refractivity contribution in [1.82, 2.24) is 14.6 Å². The van der Waals surface area contributed by atoms with E-state index in [4.69, 9.17) is 10.1 Å². The molecule has 1 saturated heterocycles. The average Bonchev–Trinajstić information content (AvgIpc) is 3.53. The molecule has 0 saturated carbocycles. The van der Waals surface area contributed by atoms with Crippen LogP contribution in [0.3, 0.4) is 0 Å². The Kier molecular flexibility index (Phi) is 10.5. The summed E-state index contributed by atoms with van der Waals surface area (Å²) in [6.07, 6.45) is 12.5. The molecular weight excluding hydrogens is 446 g/mol. The summed E-state index contributed by atoms with van der Waals surface area (Å²) in [5.41, 5.74) is 1.82. The van der Waals surface area contributed by atoms with Gasteiger partial charge in [-0.15, -0.1) is 0 Å². The van der Waals surface area contributed by atoms with Crippen molar-refractivity contribution in [1.29, 1.82) is 0 Å². The van der Waals surface area contributed by atoms with Crippen LogP contribution in [0.15, 0.2) is 36.7 Å². The molecule has 4 rings (SSSR count). The fraction of sp³-hybridized carbons (Fsp3) is 0.500. The summed E-state index contributed by atoms with van der Waals surface area (Å²) in [5, 5.41) is 13.2. The highest BCUT2D eigenvalue weighted by Crippen LogP contribution is 2.36. The monoisotopic (exact) mass is 482 g/mol. The van der Waals surface area contributed by atoms with Gasteiger partial charge >= 0.3 is 0 Å². The first-order chi connectivity index (χ1) is 17.2. The molecule has 1 aliphatic rings. The lowest BCUT2D eigenvalue weighted by Gasteiger charge is -2.26. The molecule has 1 unspecified atom stereocenters. The Morgan fingerprint density at radius 3 is 2.63 bits per heavy atom. The molecule has 0 bridgehead atoms. The van der Waals surface area contributed by atoms with E-state index in [2.05, 4.69) is 16.9 Å². The van der Waals surface area contributed by atoms with E-state index in [9.17, 15) is 8.78 Å². The third kappa shape index (κ3) is 7.02. The van der Waals surface area contributed by atoms with Gasteiger partial charge in [-0.2, -0.15) is 5.10 Å². The van der Waals surface area contributed by atoms with Crippen molar-refractivity contribution >= 4 is 11.5 Å². The number of benzene rings is 1. The summed E-state index contributed by atoms with van der Waals surface area (Å²) >= 11 is 0. The maximum absolute atomic E-state index is 14.4. The largest absolute Gasteiger partial charge is 0.396 e. The van der Waals surface area contributed by atoms with Crippen molar-refractivity contribution < 1.29 is 13.9 Å². The summed E-state index contributed by atoms with van der Waals surface area (Å²) in [6, 6.07) is 5.25. The van der Waals surface area contributed by atoms with Crippen molar-refractivity contribution in [3.05, 3.63) is 59.4 Å². The van der Waals surface area contributed by atoms with Crippen LogP contribution in [-0.4, -0.2) is 32.9 Å². The lowest BCUT2D eigenvalue weighted by atomic mass is 10.0. The molecule has 2 aromatic heterocycles. The Balaban J connectivity index is 0.00000167. The maximum Gasteiger partial charge on any atom is 0.172 e. The lowest BCUT2D eigenvalue weighted by Crippen LogP contribution is -2.24. The topological polar surface area (TPSA) is 53.7 Å². The number of hydrogen-bond acceptors (Lipinski definition) is 4. The Morgan fingerprint density at radius 2 is 1.83 bits per heavy atom. The normalized spacial score (nSPS) is 15.0. The van der Waals surface area contributed by atoms with Crippen LogP contribution >= 0.6 is 0 Å². The number of aliphatic hydroxyl groups is 1. The quantitative estimate of drug-likeness (QED) is 0.281. The number of halogens is 2. The summed E-state index contributed by atoms with van der Waals surface area (Å²) in [4.78, 5) is 6.83. The Hall–Kier alpha value is -2.98. The standard InChI is InChI=1S/C26H30F2N4O.C2H6/c27-21-12-13-23(28)22(18-21)24-11-9-15-31(24)25-14-16-32-26(30-25)20(19-29-32)10-7-5-3-1-2-4-6-8-17-33;1-2/h12-14,16,18-19,24,33H,1-6,8-9,11,15,17H2;1-2H3. The molecule has 1 aliphatic heterocycles. The van der Waals surface area contributed by atoms with Crippen molar-refractivity contribution in [3.63, 3.8) is 0 Å². The van der Waals surface area contributed by atoms with E-state index in [-0.39, 0.29) is 12.6 Å². The highest BCUT2D eigenvalue weighted by atomic mass is 19.1. The number of rotatable bonds is 9. The van der Waals surface area contributed by atoms with E-state index in [0.717, 1.165) is 75.4 Å². The fourth-order valence-electron chi connectivity index (χ4n) is 4.43. The van der Waals surface area contributed by atoms with Gasteiger partial charge in [-0.1, -0.05) is 51.4 Å². The van der Waals surface area contributed by atoms with Gasteiger partial charge in [0.2, 0.25) is 0 Å². The molecule has 1 N–H and O–H groups in total. The van der Waals surface area contributed by atoms with E-state index in [1.54, 1.807) is 10.7 Å². The molecule has 188 valence electrons. The van der Waals surface area contributed by atoms with Gasteiger partial charge in [0, 0.05) is 31.3 Å². The second-order valence-corrected chi connectivity index (χ2v) is 8.53. The number of unbranched alkanes of at least 4 members (excludes halogenated alkanes) is 6. The third-order valence-corrected chi connectivity index (χ3v) is 6.15. The molecular formula is C28H36F2N4O. The van der Waals surface area contributed by atoms with Gasteiger partial charge in [-0.05, 0) is 49.9 Å². The number of nitrogens with zero attached hydrogens (tertiary/aromatic N) is 4. The predicted octanol–water partition coefficient (Wildman–Crippen LogP) is 6.45. The second kappa shape index (κ2) is 13.8. The third-order valence-electron chi connectivity index (χ3n) is 6.15. The van der Waals surface area contributed by atoms with E-state index >= 15 is 0 Å². The molecule has 1 aromatic carbocycles. The lowest BCUT2D eigenvalue weighted by molar-refractivity contribution is 0.282. The van der Waals surface area contributed by atoms with Gasteiger partial charge < -0.3 is 10.0 Å². The smallest absolute Gasteiger partial charge is 0.172 e. The molecule has 3 aromatic rings. The summed E-state index contributed by atoms with van der Waals surface area (Å²) < 4.78 is 29.9. The first-order valence-electron chi connectivity index (χ1n) is 12.8. The molecule has 5 nitrogen and oxygen atoms in total. The molecule has 3 heterocycles. The number of fused-ring (bicyclic) bond motifs is 1. The van der Waals surface area contributed by atoms with Crippen LogP contribution in [0.25, 0.3) is 5.65 Å². The minimum atomic E-state index is -0.430. The Morgan fingerprint density at radius 1 is 1.06 bits per heavy atom. The Labute approximate surface area is 207 Å². The number of aromatic nitrogens is 3. The zero-order chi connectivity index (χ0) is 25.0. The van der Waals surface area contributed by atoms with E-state index in [1.807, 2.05) is 31.0 Å². The van der Waals surface area contributed by atoms with E-state index in [1.165, 1.54) is 18.6 Å². The SMILES string of the molecule is CC.OCCCCCCCCC#Cc1cnn2ccc(N3CCCC3c3cc(F)ccc3F)nc12. The molecule has 0 radical (unpaired) electrons. The molecule has 0 aliphatic carbocycles. The molecule has 1 atom stereocenters. The highest BCUT2D eigenvalue weighted by molar-refractivity contribution is 5.59. The number of anilines is 1. The minimum Gasteiger partial charge on any atom is -0.396 e. The van der Waals surface area contributed by atoms with Crippen molar-refractivity contribution in [2.45, 2.75) is 77.7 Å². The minimum absolute atomic E-state index is 0.245. The summed E-state index contributed by atoms with van der Waals surface area (Å²) in [6.45, 7) is 5.01. The van der Waals surface area contributed by atoms with Gasteiger partial charge in [0.05, 0.1) is 17.8 Å². The van der Waals surface area contributed by atoms with Crippen molar-refractivity contribution in [3.8, 4) is 11.8 Å². The van der Waals surface area contributed by atoms with Crippen LogP contribution in [0.4, 0.5) is 14.6 Å². The van der Waals surface area contributed by atoms with E-state index < -0.39 is 11.6 Å². The van der Waals surface area contributed by atoms with Gasteiger partial charge in [0.25, 0.3) is 0 Å². The zero-order valence-corrected chi connectivity index (χ0v) is 20.8. The van der Waals surface area contributed by atoms with Crippen LogP contribution in [0.2, 0.25) is 0 Å². The number of aliphatic hydroxyl groups excluding tert-OH is 1. The van der Waals surface area contributed by atoms with Gasteiger partial charge in [-0.25, -0.2) is 18.3 Å². The van der Waals surface area contributed by atoms with Gasteiger partial charge in [0.15, 0.2) is 5.65 Å². The van der Waals surface area contributed by atoms with Crippen LogP contribution in [-0.2, 0) is 0 Å².